The summed E-state index contributed by atoms with van der Waals surface area (Å²) in [7, 11) is 4.08. The van der Waals surface area contributed by atoms with Crippen LogP contribution in [0.3, 0.4) is 0 Å². The van der Waals surface area contributed by atoms with Crippen LogP contribution in [0.15, 0.2) is 4.52 Å². The van der Waals surface area contributed by atoms with Gasteiger partial charge >= 0.3 is 0 Å². The molecule has 1 unspecified atom stereocenters. The van der Waals surface area contributed by atoms with Crippen LogP contribution < -0.4 is 5.73 Å². The minimum atomic E-state index is 0.176. The van der Waals surface area contributed by atoms with E-state index in [4.69, 9.17) is 10.3 Å². The van der Waals surface area contributed by atoms with Gasteiger partial charge in [-0.2, -0.15) is 4.98 Å². The maximum atomic E-state index is 6.21. The predicted molar refractivity (Wildman–Crippen MR) is 70.2 cm³/mol. The fraction of sp³-hybridized carbons (Fsp3) is 0.846. The molecule has 1 aliphatic carbocycles. The quantitative estimate of drug-likeness (QED) is 0.825. The average molecular weight is 252 g/mol. The van der Waals surface area contributed by atoms with Crippen molar-refractivity contribution in [1.82, 2.24) is 15.0 Å². The molecule has 1 atom stereocenters. The lowest BCUT2D eigenvalue weighted by molar-refractivity contribution is 0.336. The van der Waals surface area contributed by atoms with E-state index in [9.17, 15) is 0 Å². The second kappa shape index (κ2) is 6.29. The van der Waals surface area contributed by atoms with Crippen LogP contribution in [0.4, 0.5) is 0 Å². The fourth-order valence-corrected chi connectivity index (χ4v) is 2.55. The Morgan fingerprint density at radius 1 is 1.39 bits per heavy atom. The summed E-state index contributed by atoms with van der Waals surface area (Å²) in [6, 6.07) is 0.176. The molecule has 1 saturated carbocycles. The highest BCUT2D eigenvalue weighted by molar-refractivity contribution is 4.92. The number of likely N-dealkylation sites (N-methyl/N-ethyl adjacent to an activating group) is 1. The Kier molecular flexibility index (Phi) is 4.72. The summed E-state index contributed by atoms with van der Waals surface area (Å²) in [4.78, 5) is 6.52. The van der Waals surface area contributed by atoms with Crippen molar-refractivity contribution >= 4 is 0 Å². The van der Waals surface area contributed by atoms with Gasteiger partial charge in [0.2, 0.25) is 5.89 Å². The van der Waals surface area contributed by atoms with Crippen molar-refractivity contribution < 1.29 is 4.52 Å². The minimum Gasteiger partial charge on any atom is -0.339 e. The van der Waals surface area contributed by atoms with E-state index in [1.54, 1.807) is 0 Å². The summed E-state index contributed by atoms with van der Waals surface area (Å²) in [6.07, 6.45) is 6.69. The number of rotatable bonds is 6. The zero-order chi connectivity index (χ0) is 13.0. The molecule has 1 aromatic heterocycles. The largest absolute Gasteiger partial charge is 0.339 e. The topological polar surface area (TPSA) is 68.2 Å². The summed E-state index contributed by atoms with van der Waals surface area (Å²) < 4.78 is 5.27. The van der Waals surface area contributed by atoms with Gasteiger partial charge < -0.3 is 15.2 Å². The van der Waals surface area contributed by atoms with Gasteiger partial charge in [0, 0.05) is 25.4 Å². The van der Waals surface area contributed by atoms with Crippen molar-refractivity contribution in [3.63, 3.8) is 0 Å². The molecule has 0 amide bonds. The van der Waals surface area contributed by atoms with Gasteiger partial charge in [-0.25, -0.2) is 0 Å². The van der Waals surface area contributed by atoms with E-state index in [0.29, 0.717) is 11.8 Å². The Morgan fingerprint density at radius 3 is 2.78 bits per heavy atom. The molecule has 2 N–H and O–H groups in total. The fourth-order valence-electron chi connectivity index (χ4n) is 2.55. The Balaban J connectivity index is 1.82. The van der Waals surface area contributed by atoms with Gasteiger partial charge in [0.1, 0.15) is 0 Å². The normalized spacial score (nSPS) is 18.7. The van der Waals surface area contributed by atoms with Gasteiger partial charge in [-0.1, -0.05) is 18.0 Å². The number of aromatic nitrogens is 2. The lowest BCUT2D eigenvalue weighted by Gasteiger charge is -2.16. The molecule has 0 aromatic carbocycles. The van der Waals surface area contributed by atoms with E-state index in [2.05, 4.69) is 15.0 Å². The molecule has 0 saturated heterocycles. The third kappa shape index (κ3) is 3.78. The molecule has 0 aliphatic heterocycles. The molecule has 5 nitrogen and oxygen atoms in total. The molecule has 0 bridgehead atoms. The van der Waals surface area contributed by atoms with Crippen LogP contribution >= 0.6 is 0 Å². The van der Waals surface area contributed by atoms with Crippen LogP contribution in [-0.2, 0) is 12.8 Å². The first-order valence-electron chi connectivity index (χ1n) is 6.87. The van der Waals surface area contributed by atoms with E-state index in [-0.39, 0.29) is 6.04 Å². The van der Waals surface area contributed by atoms with E-state index in [1.165, 1.54) is 25.7 Å². The number of nitrogens with two attached hydrogens (primary N) is 1. The molecule has 1 fully saturated rings. The standard InChI is InChI=1S/C13H24N4O/c1-17(2)8-7-12-15-13(18-16-12)9-11(14)10-5-3-4-6-10/h10-11H,3-9,14H2,1-2H3. The van der Waals surface area contributed by atoms with Crippen molar-refractivity contribution in [1.29, 1.82) is 0 Å². The Hall–Kier alpha value is -0.940. The highest BCUT2D eigenvalue weighted by atomic mass is 16.5. The summed E-state index contributed by atoms with van der Waals surface area (Å²) in [6.45, 7) is 0.938. The number of hydrogen-bond donors (Lipinski definition) is 1. The third-order valence-electron chi connectivity index (χ3n) is 3.71. The molecule has 5 heteroatoms. The van der Waals surface area contributed by atoms with Crippen molar-refractivity contribution in [3.05, 3.63) is 11.7 Å². The van der Waals surface area contributed by atoms with E-state index in [0.717, 1.165) is 25.2 Å². The monoisotopic (exact) mass is 252 g/mol. The molecule has 1 heterocycles. The summed E-state index contributed by atoms with van der Waals surface area (Å²) in [5, 5.41) is 4.00. The number of nitrogens with zero attached hydrogens (tertiary/aromatic N) is 3. The van der Waals surface area contributed by atoms with Crippen LogP contribution in [-0.4, -0.2) is 41.7 Å². The van der Waals surface area contributed by atoms with Gasteiger partial charge in [0.25, 0.3) is 0 Å². The molecule has 0 spiro atoms. The van der Waals surface area contributed by atoms with E-state index in [1.807, 2.05) is 14.1 Å². The zero-order valence-electron chi connectivity index (χ0n) is 11.4. The smallest absolute Gasteiger partial charge is 0.228 e. The molecule has 102 valence electrons. The summed E-state index contributed by atoms with van der Waals surface area (Å²) in [5.41, 5.74) is 6.21. The van der Waals surface area contributed by atoms with Gasteiger partial charge in [0.05, 0.1) is 0 Å². The maximum absolute atomic E-state index is 6.21. The molecule has 1 aliphatic rings. The summed E-state index contributed by atoms with van der Waals surface area (Å²) >= 11 is 0. The van der Waals surface area contributed by atoms with E-state index < -0.39 is 0 Å². The molecular formula is C13H24N4O. The first-order valence-corrected chi connectivity index (χ1v) is 6.87. The maximum Gasteiger partial charge on any atom is 0.228 e. The average Bonchev–Trinajstić information content (AvgIpc) is 2.97. The van der Waals surface area contributed by atoms with Crippen LogP contribution in [0.2, 0.25) is 0 Å². The first-order chi connectivity index (χ1) is 8.65. The van der Waals surface area contributed by atoms with Crippen molar-refractivity contribution in [2.75, 3.05) is 20.6 Å². The van der Waals surface area contributed by atoms with Gasteiger partial charge in [-0.3, -0.25) is 0 Å². The van der Waals surface area contributed by atoms with Gasteiger partial charge in [-0.05, 0) is 32.9 Å². The first kappa shape index (κ1) is 13.5. The second-order valence-electron chi connectivity index (χ2n) is 5.57. The molecular weight excluding hydrogens is 228 g/mol. The van der Waals surface area contributed by atoms with Crippen LogP contribution in [0, 0.1) is 5.92 Å². The Morgan fingerprint density at radius 2 is 2.11 bits per heavy atom. The number of hydrogen-bond acceptors (Lipinski definition) is 5. The minimum absolute atomic E-state index is 0.176. The zero-order valence-corrected chi connectivity index (χ0v) is 11.4. The van der Waals surface area contributed by atoms with E-state index >= 15 is 0 Å². The van der Waals surface area contributed by atoms with Crippen LogP contribution in [0.25, 0.3) is 0 Å². The van der Waals surface area contributed by atoms with Crippen LogP contribution in [0.1, 0.15) is 37.4 Å². The molecule has 18 heavy (non-hydrogen) atoms. The summed E-state index contributed by atoms with van der Waals surface area (Å²) in [5.74, 6) is 2.13. The molecule has 0 radical (unpaired) electrons. The lowest BCUT2D eigenvalue weighted by Crippen LogP contribution is -2.30. The molecule has 2 rings (SSSR count). The van der Waals surface area contributed by atoms with Crippen molar-refractivity contribution in [2.24, 2.45) is 11.7 Å². The van der Waals surface area contributed by atoms with Crippen molar-refractivity contribution in [3.8, 4) is 0 Å². The highest BCUT2D eigenvalue weighted by Crippen LogP contribution is 2.27. The Bertz CT molecular complexity index is 358. The van der Waals surface area contributed by atoms with Gasteiger partial charge in [0.15, 0.2) is 5.82 Å². The predicted octanol–water partition coefficient (Wildman–Crippen LogP) is 1.23. The van der Waals surface area contributed by atoms with Crippen LogP contribution in [0.5, 0.6) is 0 Å². The van der Waals surface area contributed by atoms with Crippen molar-refractivity contribution in [2.45, 2.75) is 44.6 Å². The lowest BCUT2D eigenvalue weighted by atomic mass is 9.96. The third-order valence-corrected chi connectivity index (χ3v) is 3.71. The molecule has 1 aromatic rings. The van der Waals surface area contributed by atoms with Gasteiger partial charge in [-0.15, -0.1) is 0 Å². The SMILES string of the molecule is CN(C)CCc1noc(CC(N)C2CCCC2)n1. The second-order valence-corrected chi connectivity index (χ2v) is 5.57. The Labute approximate surface area is 109 Å². The highest BCUT2D eigenvalue weighted by Gasteiger charge is 2.23.